The largest absolute Gasteiger partial charge is 0.454 e. The molecule has 1 saturated carbocycles. The van der Waals surface area contributed by atoms with Gasteiger partial charge in [-0.25, -0.2) is 0 Å². The van der Waals surface area contributed by atoms with Gasteiger partial charge in [0.15, 0.2) is 6.61 Å². The summed E-state index contributed by atoms with van der Waals surface area (Å²) in [6, 6.07) is 1.32. The lowest BCUT2D eigenvalue weighted by Crippen LogP contribution is -2.38. The Labute approximate surface area is 191 Å². The first-order valence-electron chi connectivity index (χ1n) is 9.01. The third kappa shape index (κ3) is 3.58. The summed E-state index contributed by atoms with van der Waals surface area (Å²) >= 11 is 23.8. The molecule has 1 N–H and O–H groups in total. The first-order valence-corrected chi connectivity index (χ1v) is 10.5. The molecule has 4 atom stereocenters. The number of carbonyl (C=O) groups is 4. The number of allylic oxidation sites excluding steroid dienone is 2. The van der Waals surface area contributed by atoms with Crippen LogP contribution in [0.25, 0.3) is 0 Å². The fraction of sp³-hybridized carbons (Fsp3) is 0.368. The first kappa shape index (κ1) is 21.4. The zero-order valence-electron chi connectivity index (χ0n) is 15.2. The van der Waals surface area contributed by atoms with E-state index in [0.29, 0.717) is 0 Å². The van der Waals surface area contributed by atoms with Crippen LogP contribution in [0.15, 0.2) is 18.2 Å². The van der Waals surface area contributed by atoms with Crippen molar-refractivity contribution >= 4 is 75.8 Å². The Balaban J connectivity index is 1.33. The van der Waals surface area contributed by atoms with Gasteiger partial charge in [-0.1, -0.05) is 58.6 Å². The molecule has 0 spiro atoms. The molecule has 1 saturated heterocycles. The van der Waals surface area contributed by atoms with E-state index in [9.17, 15) is 19.2 Å². The fourth-order valence-corrected chi connectivity index (χ4v) is 5.20. The number of anilines is 1. The summed E-state index contributed by atoms with van der Waals surface area (Å²) in [7, 11) is 0. The molecule has 11 heteroatoms. The predicted molar refractivity (Wildman–Crippen MR) is 111 cm³/mol. The number of nitrogens with zero attached hydrogens (tertiary/aromatic N) is 1. The molecule has 0 aromatic heterocycles. The highest BCUT2D eigenvalue weighted by Crippen LogP contribution is 2.52. The van der Waals surface area contributed by atoms with Gasteiger partial charge in [-0.2, -0.15) is 0 Å². The lowest BCUT2D eigenvalue weighted by atomic mass is 9.85. The molecule has 2 aliphatic carbocycles. The van der Waals surface area contributed by atoms with E-state index in [2.05, 4.69) is 5.32 Å². The van der Waals surface area contributed by atoms with Gasteiger partial charge in [-0.05, 0) is 24.3 Å². The van der Waals surface area contributed by atoms with E-state index in [-0.39, 0.29) is 49.4 Å². The molecular formula is C19H14Cl4N2O5. The number of benzene rings is 1. The van der Waals surface area contributed by atoms with Crippen molar-refractivity contribution in [2.45, 2.75) is 6.42 Å². The second-order valence-corrected chi connectivity index (χ2v) is 8.88. The molecule has 7 nitrogen and oxygen atoms in total. The molecule has 4 unspecified atom stereocenters. The van der Waals surface area contributed by atoms with Crippen molar-refractivity contribution in [2.24, 2.45) is 23.7 Å². The van der Waals surface area contributed by atoms with E-state index in [1.807, 2.05) is 12.2 Å². The molecule has 3 amide bonds. The summed E-state index contributed by atoms with van der Waals surface area (Å²) in [4.78, 5) is 50.3. The molecule has 1 aliphatic heterocycles. The maximum atomic E-state index is 12.6. The minimum absolute atomic E-state index is 0.0161. The Morgan fingerprint density at radius 1 is 1.00 bits per heavy atom. The minimum Gasteiger partial charge on any atom is -0.454 e. The normalized spacial score (nSPS) is 26.3. The van der Waals surface area contributed by atoms with Crippen molar-refractivity contribution in [3.63, 3.8) is 0 Å². The standard InChI is InChI=1S/C19H14Cl4N2O5/c20-9-4-10(21)16(23)17(15(9)22)24-11(26)6-30-12(27)5-25-18(28)13-7-1-2-8(3-7)14(13)19(25)29/h1-2,4,7-8,13-14H,3,5-6H2,(H,24,26). The molecule has 158 valence electrons. The monoisotopic (exact) mass is 490 g/mol. The van der Waals surface area contributed by atoms with Gasteiger partial charge in [-0.3, -0.25) is 24.1 Å². The third-order valence-electron chi connectivity index (χ3n) is 5.59. The Morgan fingerprint density at radius 3 is 2.07 bits per heavy atom. The number of rotatable bonds is 5. The van der Waals surface area contributed by atoms with Gasteiger partial charge < -0.3 is 10.1 Å². The Kier molecular flexibility index (Phi) is 5.74. The van der Waals surface area contributed by atoms with Gasteiger partial charge in [0.1, 0.15) is 6.54 Å². The van der Waals surface area contributed by atoms with Gasteiger partial charge in [0, 0.05) is 0 Å². The highest BCUT2D eigenvalue weighted by atomic mass is 35.5. The number of hydrogen-bond donors (Lipinski definition) is 1. The molecule has 3 aliphatic rings. The summed E-state index contributed by atoms with van der Waals surface area (Å²) in [5.41, 5.74) is -0.0161. The summed E-state index contributed by atoms with van der Waals surface area (Å²) in [6.45, 7) is -1.21. The second kappa shape index (κ2) is 8.04. The Hall–Kier alpha value is -1.80. The van der Waals surface area contributed by atoms with Crippen LogP contribution in [0.1, 0.15) is 6.42 Å². The topological polar surface area (TPSA) is 92.8 Å². The zero-order valence-corrected chi connectivity index (χ0v) is 18.2. The van der Waals surface area contributed by atoms with Crippen LogP contribution >= 0.6 is 46.4 Å². The van der Waals surface area contributed by atoms with Crippen molar-refractivity contribution in [1.29, 1.82) is 0 Å². The molecule has 0 radical (unpaired) electrons. The van der Waals surface area contributed by atoms with Crippen LogP contribution in [-0.2, 0) is 23.9 Å². The number of imide groups is 1. The maximum absolute atomic E-state index is 12.6. The number of likely N-dealkylation sites (tertiary alicyclic amines) is 1. The molecular weight excluding hydrogens is 478 g/mol. The van der Waals surface area contributed by atoms with Crippen LogP contribution in [0.2, 0.25) is 20.1 Å². The number of halogens is 4. The van der Waals surface area contributed by atoms with E-state index in [1.54, 1.807) is 0 Å². The highest BCUT2D eigenvalue weighted by Gasteiger charge is 2.59. The number of hydrogen-bond acceptors (Lipinski definition) is 5. The van der Waals surface area contributed by atoms with Gasteiger partial charge in [-0.15, -0.1) is 0 Å². The average Bonchev–Trinajstić information content (AvgIpc) is 3.38. The number of esters is 1. The van der Waals surface area contributed by atoms with Gasteiger partial charge in [0.25, 0.3) is 5.91 Å². The van der Waals surface area contributed by atoms with Crippen molar-refractivity contribution in [3.8, 4) is 0 Å². The molecule has 2 bridgehead atoms. The van der Waals surface area contributed by atoms with E-state index in [1.165, 1.54) is 6.07 Å². The summed E-state index contributed by atoms with van der Waals surface area (Å²) in [5.74, 6) is -3.08. The zero-order chi connectivity index (χ0) is 21.7. The van der Waals surface area contributed by atoms with Gasteiger partial charge in [0.05, 0.1) is 37.6 Å². The maximum Gasteiger partial charge on any atom is 0.326 e. The van der Waals surface area contributed by atoms with Crippen LogP contribution in [0.5, 0.6) is 0 Å². The quantitative estimate of drug-likeness (QED) is 0.294. The number of carbonyl (C=O) groups excluding carboxylic acids is 4. The van der Waals surface area contributed by atoms with E-state index in [4.69, 9.17) is 51.1 Å². The third-order valence-corrected chi connectivity index (χ3v) is 7.16. The number of ether oxygens (including phenoxy) is 1. The Bertz CT molecular complexity index is 955. The van der Waals surface area contributed by atoms with Crippen LogP contribution in [-0.4, -0.2) is 41.7 Å². The van der Waals surface area contributed by atoms with E-state index >= 15 is 0 Å². The summed E-state index contributed by atoms with van der Waals surface area (Å²) in [5, 5.41) is 2.50. The molecule has 4 rings (SSSR count). The number of nitrogens with one attached hydrogen (secondary N) is 1. The van der Waals surface area contributed by atoms with Crippen LogP contribution in [0.4, 0.5) is 5.69 Å². The molecule has 30 heavy (non-hydrogen) atoms. The summed E-state index contributed by atoms with van der Waals surface area (Å²) in [6.07, 6.45) is 4.72. The molecule has 1 aromatic carbocycles. The van der Waals surface area contributed by atoms with Crippen molar-refractivity contribution < 1.29 is 23.9 Å². The van der Waals surface area contributed by atoms with Gasteiger partial charge in [0.2, 0.25) is 11.8 Å². The smallest absolute Gasteiger partial charge is 0.326 e. The van der Waals surface area contributed by atoms with Crippen molar-refractivity contribution in [2.75, 3.05) is 18.5 Å². The molecule has 1 aromatic rings. The van der Waals surface area contributed by atoms with Gasteiger partial charge >= 0.3 is 5.97 Å². The first-order chi connectivity index (χ1) is 14.2. The number of fused-ring (bicyclic) bond motifs is 5. The number of amides is 3. The lowest BCUT2D eigenvalue weighted by Gasteiger charge is -2.16. The second-order valence-electron chi connectivity index (χ2n) is 7.31. The van der Waals surface area contributed by atoms with Crippen molar-refractivity contribution in [1.82, 2.24) is 4.90 Å². The summed E-state index contributed by atoms with van der Waals surface area (Å²) < 4.78 is 4.90. The van der Waals surface area contributed by atoms with Crippen LogP contribution in [0, 0.1) is 23.7 Å². The van der Waals surface area contributed by atoms with Crippen molar-refractivity contribution in [3.05, 3.63) is 38.3 Å². The SMILES string of the molecule is O=C(COC(=O)CN1C(=O)C2C3C=CC(C3)C2C1=O)Nc1c(Cl)c(Cl)cc(Cl)c1Cl. The molecule has 1 heterocycles. The van der Waals surface area contributed by atoms with E-state index < -0.39 is 36.9 Å². The van der Waals surface area contributed by atoms with Crippen LogP contribution in [0.3, 0.4) is 0 Å². The highest BCUT2D eigenvalue weighted by molar-refractivity contribution is 6.50. The Morgan fingerprint density at radius 2 is 1.53 bits per heavy atom. The minimum atomic E-state index is -0.881. The molecule has 2 fully saturated rings. The predicted octanol–water partition coefficient (Wildman–Crippen LogP) is 3.59. The van der Waals surface area contributed by atoms with E-state index in [0.717, 1.165) is 11.3 Å². The average molecular weight is 492 g/mol. The lowest BCUT2D eigenvalue weighted by molar-refractivity contribution is -0.154. The fourth-order valence-electron chi connectivity index (χ4n) is 4.30. The van der Waals surface area contributed by atoms with Crippen LogP contribution < -0.4 is 5.32 Å².